The van der Waals surface area contributed by atoms with E-state index < -0.39 is 5.67 Å². The molecule has 1 atom stereocenters. The zero-order chi connectivity index (χ0) is 11.5. The average molecular weight is 208 g/mol. The van der Waals surface area contributed by atoms with Crippen molar-refractivity contribution in [3.05, 3.63) is 35.4 Å². The Morgan fingerprint density at radius 2 is 1.73 bits per heavy atom. The normalized spacial score (nSPS) is 15.3. The average Bonchev–Trinajstić information content (AvgIpc) is 2.18. The van der Waals surface area contributed by atoms with Gasteiger partial charge in [-0.2, -0.15) is 0 Å². The van der Waals surface area contributed by atoms with Gasteiger partial charge in [0.2, 0.25) is 0 Å². The Morgan fingerprint density at radius 1 is 1.20 bits per heavy atom. The van der Waals surface area contributed by atoms with E-state index >= 15 is 0 Å². The van der Waals surface area contributed by atoms with Crippen LogP contribution in [0.25, 0.3) is 0 Å². The minimum Gasteiger partial charge on any atom is -0.238 e. The van der Waals surface area contributed by atoms with Gasteiger partial charge in [0.1, 0.15) is 5.67 Å². The largest absolute Gasteiger partial charge is 0.238 e. The van der Waals surface area contributed by atoms with Crippen LogP contribution in [-0.2, 0) is 5.67 Å². The number of rotatable bonds is 4. The summed E-state index contributed by atoms with van der Waals surface area (Å²) in [5, 5.41) is 0. The van der Waals surface area contributed by atoms with Crippen molar-refractivity contribution in [2.45, 2.75) is 46.2 Å². The predicted octanol–water partition coefficient (Wildman–Crippen LogP) is 4.62. The molecular formula is C14H21F. The SMILES string of the molecule is CCCC(F)(c1ccc(C)cc1)C(C)C. The van der Waals surface area contributed by atoms with Gasteiger partial charge in [0.15, 0.2) is 0 Å². The van der Waals surface area contributed by atoms with Crippen molar-refractivity contribution >= 4 is 0 Å². The Hall–Kier alpha value is -0.850. The summed E-state index contributed by atoms with van der Waals surface area (Å²) in [6, 6.07) is 7.82. The van der Waals surface area contributed by atoms with E-state index in [1.807, 2.05) is 52.0 Å². The zero-order valence-corrected chi connectivity index (χ0v) is 10.2. The number of halogens is 1. The molecule has 0 bridgehead atoms. The summed E-state index contributed by atoms with van der Waals surface area (Å²) in [6.07, 6.45) is 1.48. The fraction of sp³-hybridized carbons (Fsp3) is 0.571. The van der Waals surface area contributed by atoms with E-state index in [1.54, 1.807) is 0 Å². The summed E-state index contributed by atoms with van der Waals surface area (Å²) in [7, 11) is 0. The van der Waals surface area contributed by atoms with Crippen LogP contribution in [-0.4, -0.2) is 0 Å². The van der Waals surface area contributed by atoms with Gasteiger partial charge in [-0.15, -0.1) is 0 Å². The fourth-order valence-electron chi connectivity index (χ4n) is 1.96. The van der Waals surface area contributed by atoms with Crippen LogP contribution in [0.15, 0.2) is 24.3 Å². The van der Waals surface area contributed by atoms with Gasteiger partial charge in [-0.05, 0) is 24.8 Å². The van der Waals surface area contributed by atoms with E-state index in [-0.39, 0.29) is 5.92 Å². The van der Waals surface area contributed by atoms with E-state index in [1.165, 1.54) is 5.56 Å². The lowest BCUT2D eigenvalue weighted by Crippen LogP contribution is -2.26. The Morgan fingerprint density at radius 3 is 2.13 bits per heavy atom. The van der Waals surface area contributed by atoms with Gasteiger partial charge in [0.05, 0.1) is 0 Å². The zero-order valence-electron chi connectivity index (χ0n) is 10.2. The number of aryl methyl sites for hydroxylation is 1. The van der Waals surface area contributed by atoms with Gasteiger partial charge < -0.3 is 0 Å². The standard InChI is InChI=1S/C14H21F/c1-5-10-14(15,11(2)3)13-8-6-12(4)7-9-13/h6-9,11H,5,10H2,1-4H3. The Balaban J connectivity index is 3.04. The highest BCUT2D eigenvalue weighted by Gasteiger charge is 2.34. The van der Waals surface area contributed by atoms with Crippen molar-refractivity contribution in [1.29, 1.82) is 0 Å². The summed E-state index contributed by atoms with van der Waals surface area (Å²) in [5.74, 6) is 0.0279. The van der Waals surface area contributed by atoms with E-state index in [2.05, 4.69) is 0 Å². The van der Waals surface area contributed by atoms with E-state index in [0.717, 1.165) is 12.0 Å². The van der Waals surface area contributed by atoms with Crippen molar-refractivity contribution in [3.8, 4) is 0 Å². The first-order valence-corrected chi connectivity index (χ1v) is 5.76. The number of benzene rings is 1. The quantitative estimate of drug-likeness (QED) is 0.677. The summed E-state index contributed by atoms with van der Waals surface area (Å²) < 4.78 is 14.8. The first-order chi connectivity index (χ1) is 7.00. The lowest BCUT2D eigenvalue weighted by Gasteiger charge is -2.29. The molecule has 0 aromatic heterocycles. The second-order valence-electron chi connectivity index (χ2n) is 4.63. The van der Waals surface area contributed by atoms with Crippen LogP contribution in [0.2, 0.25) is 0 Å². The number of hydrogen-bond donors (Lipinski definition) is 0. The molecule has 0 heterocycles. The fourth-order valence-corrected chi connectivity index (χ4v) is 1.96. The molecule has 0 spiro atoms. The van der Waals surface area contributed by atoms with Gasteiger partial charge in [-0.3, -0.25) is 0 Å². The van der Waals surface area contributed by atoms with E-state index in [0.29, 0.717) is 6.42 Å². The van der Waals surface area contributed by atoms with E-state index in [4.69, 9.17) is 0 Å². The molecule has 0 aliphatic rings. The predicted molar refractivity (Wildman–Crippen MR) is 63.7 cm³/mol. The van der Waals surface area contributed by atoms with Crippen molar-refractivity contribution in [2.24, 2.45) is 5.92 Å². The topological polar surface area (TPSA) is 0 Å². The first kappa shape index (κ1) is 12.2. The van der Waals surface area contributed by atoms with Crippen molar-refractivity contribution in [2.75, 3.05) is 0 Å². The Kier molecular flexibility index (Phi) is 3.90. The first-order valence-electron chi connectivity index (χ1n) is 5.76. The molecule has 0 aliphatic carbocycles. The molecule has 1 aromatic rings. The third-order valence-corrected chi connectivity index (χ3v) is 3.06. The Labute approximate surface area is 92.5 Å². The summed E-state index contributed by atoms with van der Waals surface area (Å²) in [5.41, 5.74) is 0.842. The van der Waals surface area contributed by atoms with Gasteiger partial charge in [-0.25, -0.2) is 4.39 Å². The highest BCUT2D eigenvalue weighted by molar-refractivity contribution is 5.27. The van der Waals surface area contributed by atoms with Crippen LogP contribution in [0, 0.1) is 12.8 Å². The van der Waals surface area contributed by atoms with Crippen molar-refractivity contribution < 1.29 is 4.39 Å². The summed E-state index contributed by atoms with van der Waals surface area (Å²) >= 11 is 0. The third kappa shape index (κ3) is 2.58. The van der Waals surface area contributed by atoms with Gasteiger partial charge in [0.25, 0.3) is 0 Å². The van der Waals surface area contributed by atoms with Crippen LogP contribution in [0.4, 0.5) is 4.39 Å². The molecule has 0 radical (unpaired) electrons. The third-order valence-electron chi connectivity index (χ3n) is 3.06. The molecule has 1 rings (SSSR count). The molecule has 1 unspecified atom stereocenters. The van der Waals surface area contributed by atoms with Crippen LogP contribution < -0.4 is 0 Å². The molecule has 84 valence electrons. The highest BCUT2D eigenvalue weighted by atomic mass is 19.1. The molecule has 0 nitrogen and oxygen atoms in total. The molecule has 1 heteroatoms. The monoisotopic (exact) mass is 208 g/mol. The molecule has 0 saturated carbocycles. The summed E-state index contributed by atoms with van der Waals surface area (Å²) in [6.45, 7) is 7.97. The van der Waals surface area contributed by atoms with Crippen molar-refractivity contribution in [3.63, 3.8) is 0 Å². The maximum Gasteiger partial charge on any atom is 0.138 e. The smallest absolute Gasteiger partial charge is 0.138 e. The van der Waals surface area contributed by atoms with Crippen LogP contribution in [0.3, 0.4) is 0 Å². The van der Waals surface area contributed by atoms with Gasteiger partial charge in [0, 0.05) is 0 Å². The van der Waals surface area contributed by atoms with Gasteiger partial charge >= 0.3 is 0 Å². The molecule has 15 heavy (non-hydrogen) atoms. The minimum atomic E-state index is -1.16. The minimum absolute atomic E-state index is 0.0279. The van der Waals surface area contributed by atoms with Crippen LogP contribution in [0.1, 0.15) is 44.7 Å². The summed E-state index contributed by atoms with van der Waals surface area (Å²) in [4.78, 5) is 0. The maximum absolute atomic E-state index is 14.8. The van der Waals surface area contributed by atoms with Crippen LogP contribution >= 0.6 is 0 Å². The lowest BCUT2D eigenvalue weighted by atomic mass is 9.81. The molecule has 0 fully saturated rings. The molecule has 1 aromatic carbocycles. The molecule has 0 N–H and O–H groups in total. The highest BCUT2D eigenvalue weighted by Crippen LogP contribution is 2.38. The van der Waals surface area contributed by atoms with E-state index in [9.17, 15) is 4.39 Å². The lowest BCUT2D eigenvalue weighted by molar-refractivity contribution is 0.0861. The number of hydrogen-bond acceptors (Lipinski definition) is 0. The van der Waals surface area contributed by atoms with Crippen molar-refractivity contribution in [1.82, 2.24) is 0 Å². The molecule has 0 saturated heterocycles. The van der Waals surface area contributed by atoms with Gasteiger partial charge in [-0.1, -0.05) is 57.0 Å². The molecule has 0 aliphatic heterocycles. The Bertz CT molecular complexity index is 300. The molecular weight excluding hydrogens is 187 g/mol. The molecule has 0 amide bonds. The second-order valence-corrected chi connectivity index (χ2v) is 4.63. The maximum atomic E-state index is 14.8. The second kappa shape index (κ2) is 4.78. The van der Waals surface area contributed by atoms with Crippen LogP contribution in [0.5, 0.6) is 0 Å². The number of alkyl halides is 1.